The van der Waals surface area contributed by atoms with Gasteiger partial charge in [0.1, 0.15) is 11.3 Å². The molecule has 6 heteroatoms. The van der Waals surface area contributed by atoms with Gasteiger partial charge in [-0.15, -0.1) is 5.10 Å². The predicted octanol–water partition coefficient (Wildman–Crippen LogP) is 1.63. The van der Waals surface area contributed by atoms with E-state index in [1.165, 1.54) is 11.5 Å². The summed E-state index contributed by atoms with van der Waals surface area (Å²) in [4.78, 5) is 11.1. The first-order valence-corrected chi connectivity index (χ1v) is 5.57. The molecule has 1 aromatic carbocycles. The lowest BCUT2D eigenvalue weighted by Crippen LogP contribution is -2.14. The van der Waals surface area contributed by atoms with Crippen molar-refractivity contribution in [2.75, 3.05) is 13.2 Å². The van der Waals surface area contributed by atoms with E-state index in [0.717, 1.165) is 10.2 Å². The molecule has 0 saturated carbocycles. The Labute approximate surface area is 96.2 Å². The van der Waals surface area contributed by atoms with Crippen LogP contribution in [0.15, 0.2) is 18.2 Å². The topological polar surface area (TPSA) is 61.3 Å². The predicted molar refractivity (Wildman–Crippen MR) is 59.5 cm³/mol. The van der Waals surface area contributed by atoms with E-state index in [1.807, 2.05) is 0 Å². The molecule has 0 fully saturated rings. The first-order chi connectivity index (χ1) is 7.79. The van der Waals surface area contributed by atoms with Crippen LogP contribution in [0.2, 0.25) is 0 Å². The number of esters is 1. The number of benzene rings is 1. The summed E-state index contributed by atoms with van der Waals surface area (Å²) in [7, 11) is 0. The molecule has 1 heterocycles. The zero-order chi connectivity index (χ0) is 11.4. The Morgan fingerprint density at radius 2 is 2.38 bits per heavy atom. The van der Waals surface area contributed by atoms with Crippen molar-refractivity contribution < 1.29 is 14.3 Å². The highest BCUT2D eigenvalue weighted by atomic mass is 32.1. The van der Waals surface area contributed by atoms with Gasteiger partial charge in [0.05, 0.1) is 11.3 Å². The van der Waals surface area contributed by atoms with Crippen LogP contribution in [-0.2, 0) is 9.53 Å². The lowest BCUT2D eigenvalue weighted by atomic mass is 10.3. The minimum atomic E-state index is -0.370. The second-order valence-electron chi connectivity index (χ2n) is 3.00. The summed E-state index contributed by atoms with van der Waals surface area (Å²) in [5, 5.41) is 3.91. The van der Waals surface area contributed by atoms with Crippen molar-refractivity contribution in [3.05, 3.63) is 18.2 Å². The monoisotopic (exact) mass is 238 g/mol. The number of hydrogen-bond donors (Lipinski definition) is 0. The van der Waals surface area contributed by atoms with Crippen molar-refractivity contribution in [3.8, 4) is 5.75 Å². The summed E-state index contributed by atoms with van der Waals surface area (Å²) >= 11 is 1.29. The molecule has 0 saturated heterocycles. The van der Waals surface area contributed by atoms with Crippen LogP contribution in [-0.4, -0.2) is 28.8 Å². The Kier molecular flexibility index (Phi) is 3.31. The molecular weight excluding hydrogens is 228 g/mol. The van der Waals surface area contributed by atoms with Crippen LogP contribution in [0.5, 0.6) is 5.75 Å². The van der Waals surface area contributed by atoms with Crippen molar-refractivity contribution in [3.63, 3.8) is 0 Å². The molecule has 0 N–H and O–H groups in total. The molecule has 16 heavy (non-hydrogen) atoms. The molecule has 5 nitrogen and oxygen atoms in total. The second kappa shape index (κ2) is 4.89. The number of ether oxygens (including phenoxy) is 2. The number of fused-ring (bicyclic) bond motifs is 1. The largest absolute Gasteiger partial charge is 0.482 e. The van der Waals surface area contributed by atoms with Gasteiger partial charge in [0.2, 0.25) is 0 Å². The van der Waals surface area contributed by atoms with E-state index in [2.05, 4.69) is 9.59 Å². The normalized spacial score (nSPS) is 10.3. The van der Waals surface area contributed by atoms with Gasteiger partial charge in [-0.1, -0.05) is 4.49 Å². The van der Waals surface area contributed by atoms with Crippen LogP contribution in [0, 0.1) is 0 Å². The molecule has 84 valence electrons. The Morgan fingerprint density at radius 3 is 3.19 bits per heavy atom. The van der Waals surface area contributed by atoms with Gasteiger partial charge in [0, 0.05) is 6.07 Å². The number of nitrogens with zero attached hydrogens (tertiary/aromatic N) is 2. The summed E-state index contributed by atoms with van der Waals surface area (Å²) in [6, 6.07) is 5.36. The Hall–Kier alpha value is -1.69. The van der Waals surface area contributed by atoms with Crippen LogP contribution in [0.1, 0.15) is 6.92 Å². The zero-order valence-electron chi connectivity index (χ0n) is 8.67. The molecule has 0 radical (unpaired) electrons. The molecule has 0 spiro atoms. The van der Waals surface area contributed by atoms with Crippen molar-refractivity contribution in [1.82, 2.24) is 9.59 Å². The molecule has 0 aliphatic carbocycles. The van der Waals surface area contributed by atoms with Gasteiger partial charge in [0.25, 0.3) is 0 Å². The van der Waals surface area contributed by atoms with E-state index in [9.17, 15) is 4.79 Å². The molecule has 0 bridgehead atoms. The third-order valence-corrected chi connectivity index (χ3v) is 2.57. The highest BCUT2D eigenvalue weighted by molar-refractivity contribution is 7.12. The van der Waals surface area contributed by atoms with Gasteiger partial charge in [-0.3, -0.25) is 0 Å². The maximum atomic E-state index is 11.1. The van der Waals surface area contributed by atoms with E-state index in [1.54, 1.807) is 25.1 Å². The van der Waals surface area contributed by atoms with Crippen molar-refractivity contribution in [2.45, 2.75) is 6.92 Å². The second-order valence-corrected chi connectivity index (χ2v) is 3.78. The minimum Gasteiger partial charge on any atom is -0.482 e. The number of rotatable bonds is 4. The summed E-state index contributed by atoms with van der Waals surface area (Å²) in [6.07, 6.45) is 0. The lowest BCUT2D eigenvalue weighted by molar-refractivity contribution is -0.145. The first-order valence-electron chi connectivity index (χ1n) is 4.80. The van der Waals surface area contributed by atoms with Crippen molar-refractivity contribution >= 4 is 27.7 Å². The number of hydrogen-bond acceptors (Lipinski definition) is 6. The molecule has 0 amide bonds. The van der Waals surface area contributed by atoms with E-state index in [4.69, 9.17) is 9.47 Å². The Bertz CT molecular complexity index is 498. The van der Waals surface area contributed by atoms with Gasteiger partial charge in [-0.25, -0.2) is 4.79 Å². The highest BCUT2D eigenvalue weighted by Gasteiger charge is 2.04. The van der Waals surface area contributed by atoms with Gasteiger partial charge >= 0.3 is 5.97 Å². The lowest BCUT2D eigenvalue weighted by Gasteiger charge is -2.04. The maximum absolute atomic E-state index is 11.1. The van der Waals surface area contributed by atoms with Gasteiger partial charge in [-0.05, 0) is 30.6 Å². The quantitative estimate of drug-likeness (QED) is 0.758. The summed E-state index contributed by atoms with van der Waals surface area (Å²) in [6.45, 7) is 2.04. The average Bonchev–Trinajstić information content (AvgIpc) is 2.74. The Morgan fingerprint density at radius 1 is 1.50 bits per heavy atom. The number of carbonyl (C=O) groups is 1. The first kappa shape index (κ1) is 10.8. The standard InChI is InChI=1S/C10H10N2O3S/c1-2-14-10(13)6-15-7-3-4-8-9(5-7)16-12-11-8/h3-5H,2,6H2,1H3. The van der Waals surface area contributed by atoms with Crippen molar-refractivity contribution in [2.24, 2.45) is 0 Å². The zero-order valence-corrected chi connectivity index (χ0v) is 9.49. The number of aromatic nitrogens is 2. The summed E-state index contributed by atoms with van der Waals surface area (Å²) < 4.78 is 14.8. The van der Waals surface area contributed by atoms with Gasteiger partial charge in [-0.2, -0.15) is 0 Å². The number of carbonyl (C=O) groups excluding carboxylic acids is 1. The average molecular weight is 238 g/mol. The third-order valence-electron chi connectivity index (χ3n) is 1.88. The molecular formula is C10H10N2O3S. The van der Waals surface area contributed by atoms with Crippen molar-refractivity contribution in [1.29, 1.82) is 0 Å². The van der Waals surface area contributed by atoms with Crippen LogP contribution in [0.4, 0.5) is 0 Å². The molecule has 0 atom stereocenters. The fourth-order valence-corrected chi connectivity index (χ4v) is 1.78. The minimum absolute atomic E-state index is 0.0778. The van der Waals surface area contributed by atoms with E-state index >= 15 is 0 Å². The summed E-state index contributed by atoms with van der Waals surface area (Å²) in [5.74, 6) is 0.247. The summed E-state index contributed by atoms with van der Waals surface area (Å²) in [5.41, 5.74) is 0.827. The van der Waals surface area contributed by atoms with Crippen LogP contribution >= 0.6 is 11.5 Å². The highest BCUT2D eigenvalue weighted by Crippen LogP contribution is 2.21. The molecule has 1 aromatic heterocycles. The molecule has 0 aliphatic heterocycles. The molecule has 2 aromatic rings. The molecule has 2 rings (SSSR count). The SMILES string of the molecule is CCOC(=O)COc1ccc2nnsc2c1. The van der Waals surface area contributed by atoms with E-state index in [-0.39, 0.29) is 12.6 Å². The molecule has 0 aliphatic rings. The Balaban J connectivity index is 2.01. The third kappa shape index (κ3) is 2.46. The van der Waals surface area contributed by atoms with Crippen LogP contribution in [0.3, 0.4) is 0 Å². The molecule has 0 unspecified atom stereocenters. The van der Waals surface area contributed by atoms with Gasteiger partial charge < -0.3 is 9.47 Å². The van der Waals surface area contributed by atoms with Gasteiger partial charge in [0.15, 0.2) is 6.61 Å². The fraction of sp³-hybridized carbons (Fsp3) is 0.300. The van der Waals surface area contributed by atoms with Crippen LogP contribution < -0.4 is 4.74 Å². The maximum Gasteiger partial charge on any atom is 0.344 e. The van der Waals surface area contributed by atoms with E-state index < -0.39 is 0 Å². The smallest absolute Gasteiger partial charge is 0.344 e. The van der Waals surface area contributed by atoms with E-state index in [0.29, 0.717) is 12.4 Å². The van der Waals surface area contributed by atoms with Crippen LogP contribution in [0.25, 0.3) is 10.2 Å². The fourth-order valence-electron chi connectivity index (χ4n) is 1.19.